The number of hydrogen-bond acceptors (Lipinski definition) is 4. The molecule has 1 aromatic carbocycles. The minimum absolute atomic E-state index is 0.0113. The number of ether oxygens (including phenoxy) is 1. The maximum Gasteiger partial charge on any atom is 0.303 e. The summed E-state index contributed by atoms with van der Waals surface area (Å²) in [5, 5.41) is 28.1. The van der Waals surface area contributed by atoms with Crippen molar-refractivity contribution in [3.8, 4) is 5.75 Å². The predicted molar refractivity (Wildman–Crippen MR) is 121 cm³/mol. The Kier molecular flexibility index (Phi) is 12.9. The molecular weight excluding hydrogens is 380 g/mol. The summed E-state index contributed by atoms with van der Waals surface area (Å²) >= 11 is 0. The van der Waals surface area contributed by atoms with Gasteiger partial charge in [0.25, 0.3) is 0 Å². The molecule has 5 heteroatoms. The van der Waals surface area contributed by atoms with Crippen molar-refractivity contribution in [2.45, 2.75) is 51.7 Å². The van der Waals surface area contributed by atoms with Crippen molar-refractivity contribution in [1.29, 1.82) is 0 Å². The van der Waals surface area contributed by atoms with Crippen LogP contribution in [-0.2, 0) is 4.79 Å². The molecule has 0 fully saturated rings. The lowest BCUT2D eigenvalue weighted by atomic mass is 10.1. The lowest BCUT2D eigenvalue weighted by Gasteiger charge is -2.13. The Morgan fingerprint density at radius 2 is 1.73 bits per heavy atom. The van der Waals surface area contributed by atoms with E-state index in [0.717, 1.165) is 12.2 Å². The van der Waals surface area contributed by atoms with Gasteiger partial charge in [-0.2, -0.15) is 0 Å². The van der Waals surface area contributed by atoms with Crippen molar-refractivity contribution in [2.24, 2.45) is 5.92 Å². The van der Waals surface area contributed by atoms with E-state index >= 15 is 0 Å². The van der Waals surface area contributed by atoms with Gasteiger partial charge in [-0.25, -0.2) is 0 Å². The Morgan fingerprint density at radius 3 is 2.37 bits per heavy atom. The maximum atomic E-state index is 10.4. The van der Waals surface area contributed by atoms with Gasteiger partial charge in [-0.3, -0.25) is 4.79 Å². The summed E-state index contributed by atoms with van der Waals surface area (Å²) in [4.78, 5) is 10.4. The molecule has 0 amide bonds. The molecule has 0 saturated carbocycles. The van der Waals surface area contributed by atoms with Crippen molar-refractivity contribution in [3.63, 3.8) is 0 Å². The molecule has 0 aliphatic rings. The van der Waals surface area contributed by atoms with Crippen LogP contribution in [0.4, 0.5) is 0 Å². The normalized spacial score (nSPS) is 15.3. The van der Waals surface area contributed by atoms with E-state index in [0.29, 0.717) is 18.9 Å². The quantitative estimate of drug-likeness (QED) is 0.387. The van der Waals surface area contributed by atoms with Crippen LogP contribution in [0.1, 0.15) is 38.2 Å². The summed E-state index contributed by atoms with van der Waals surface area (Å²) < 4.78 is 5.86. The van der Waals surface area contributed by atoms with Crippen LogP contribution in [-0.4, -0.2) is 40.1 Å². The molecule has 0 saturated heterocycles. The highest BCUT2D eigenvalue weighted by Gasteiger charge is 2.12. The lowest BCUT2D eigenvalue weighted by Crippen LogP contribution is -2.23. The van der Waals surface area contributed by atoms with Gasteiger partial charge in [-0.05, 0) is 43.9 Å². The molecule has 30 heavy (non-hydrogen) atoms. The van der Waals surface area contributed by atoms with Gasteiger partial charge in [0.1, 0.15) is 5.75 Å². The Bertz CT molecular complexity index is 733. The Balaban J connectivity index is 2.32. The third-order valence-electron chi connectivity index (χ3n) is 4.51. The van der Waals surface area contributed by atoms with Gasteiger partial charge in [0.05, 0.1) is 18.8 Å². The number of aliphatic carboxylic acids is 1. The van der Waals surface area contributed by atoms with Crippen molar-refractivity contribution >= 4 is 5.97 Å². The summed E-state index contributed by atoms with van der Waals surface area (Å²) in [7, 11) is 0. The van der Waals surface area contributed by atoms with E-state index in [2.05, 4.69) is 13.0 Å². The second-order valence-corrected chi connectivity index (χ2v) is 7.18. The zero-order valence-electron chi connectivity index (χ0n) is 17.9. The second kappa shape index (κ2) is 15.2. The summed E-state index contributed by atoms with van der Waals surface area (Å²) in [5.41, 5.74) is 1.18. The van der Waals surface area contributed by atoms with E-state index in [4.69, 9.17) is 9.84 Å². The van der Waals surface area contributed by atoms with Gasteiger partial charge in [-0.15, -0.1) is 0 Å². The number of rotatable bonds is 14. The number of carboxylic acids is 1. The smallest absolute Gasteiger partial charge is 0.303 e. The van der Waals surface area contributed by atoms with E-state index in [1.165, 1.54) is 11.6 Å². The molecular formula is C25H34O5. The second-order valence-electron chi connectivity index (χ2n) is 7.18. The standard InChI is InChI=1S/C25H34O5/c1-3-21(19-30-22-14-10-12-20(2)18-22)13-8-6-4-5-7-9-15-23(26)24(27)16-11-17-25(28)29/h4-10,12-15,18,21,23-24,26-27H,3,11,16-17,19H2,1-2H3,(H,28,29)/b6-4-,7-5+,13-8+,15-9+/t21?,23-,24+/m1/s1. The van der Waals surface area contributed by atoms with E-state index in [9.17, 15) is 15.0 Å². The molecule has 3 N–H and O–H groups in total. The number of carbonyl (C=O) groups is 1. The molecule has 1 aromatic rings. The minimum atomic E-state index is -1.01. The van der Waals surface area contributed by atoms with Gasteiger partial charge in [-0.1, -0.05) is 67.7 Å². The highest BCUT2D eigenvalue weighted by Crippen LogP contribution is 2.15. The Hall–Kier alpha value is -2.63. The summed E-state index contributed by atoms with van der Waals surface area (Å²) in [6, 6.07) is 8.03. The lowest BCUT2D eigenvalue weighted by molar-refractivity contribution is -0.137. The maximum absolute atomic E-state index is 10.4. The molecule has 0 aromatic heterocycles. The molecule has 0 aliphatic carbocycles. The molecule has 0 heterocycles. The van der Waals surface area contributed by atoms with Crippen molar-refractivity contribution in [3.05, 3.63) is 78.4 Å². The molecule has 0 spiro atoms. The number of hydrogen-bond donors (Lipinski definition) is 3. The fraction of sp³-hybridized carbons (Fsp3) is 0.400. The highest BCUT2D eigenvalue weighted by atomic mass is 16.5. The van der Waals surface area contributed by atoms with Crippen LogP contribution in [0.25, 0.3) is 0 Å². The summed E-state index contributed by atoms with van der Waals surface area (Å²) in [5.74, 6) is 0.318. The van der Waals surface area contributed by atoms with Crippen molar-refractivity contribution in [1.82, 2.24) is 0 Å². The van der Waals surface area contributed by atoms with E-state index in [1.807, 2.05) is 55.5 Å². The first kappa shape index (κ1) is 25.4. The molecule has 164 valence electrons. The van der Waals surface area contributed by atoms with Crippen LogP contribution in [0.15, 0.2) is 72.9 Å². The molecule has 0 bridgehead atoms. The van der Waals surface area contributed by atoms with Gasteiger partial charge < -0.3 is 20.1 Å². The summed E-state index contributed by atoms with van der Waals surface area (Å²) in [6.45, 7) is 4.81. The first-order chi connectivity index (χ1) is 14.4. The largest absolute Gasteiger partial charge is 0.493 e. The Labute approximate surface area is 179 Å². The first-order valence-electron chi connectivity index (χ1n) is 10.4. The Morgan fingerprint density at radius 1 is 1.07 bits per heavy atom. The van der Waals surface area contributed by atoms with Gasteiger partial charge in [0, 0.05) is 12.3 Å². The predicted octanol–water partition coefficient (Wildman–Crippen LogP) is 4.60. The molecule has 5 nitrogen and oxygen atoms in total. The third-order valence-corrected chi connectivity index (χ3v) is 4.51. The number of allylic oxidation sites excluding steroid dienone is 6. The molecule has 0 aliphatic heterocycles. The van der Waals surface area contributed by atoms with E-state index < -0.39 is 18.2 Å². The van der Waals surface area contributed by atoms with Gasteiger partial charge >= 0.3 is 5.97 Å². The van der Waals surface area contributed by atoms with Crippen LogP contribution in [0.2, 0.25) is 0 Å². The number of aryl methyl sites for hydroxylation is 1. The molecule has 0 radical (unpaired) electrons. The monoisotopic (exact) mass is 414 g/mol. The zero-order chi connectivity index (χ0) is 22.2. The summed E-state index contributed by atoms with van der Waals surface area (Å²) in [6.07, 6.45) is 14.2. The molecule has 1 unspecified atom stereocenters. The number of carboxylic acid groups (broad SMARTS) is 1. The molecule has 1 rings (SSSR count). The SMILES string of the molecule is CCC(/C=C/C=C\C=C\C=C\[C@@H](O)[C@@H](O)CCCC(=O)O)COc1cccc(C)c1. The molecule has 3 atom stereocenters. The van der Waals surface area contributed by atoms with Crippen LogP contribution >= 0.6 is 0 Å². The minimum Gasteiger partial charge on any atom is -0.493 e. The van der Waals surface area contributed by atoms with Gasteiger partial charge in [0.15, 0.2) is 0 Å². The third kappa shape index (κ3) is 12.0. The average Bonchev–Trinajstić information content (AvgIpc) is 2.71. The van der Waals surface area contributed by atoms with Crippen LogP contribution in [0, 0.1) is 12.8 Å². The first-order valence-corrected chi connectivity index (χ1v) is 10.4. The fourth-order valence-corrected chi connectivity index (χ4v) is 2.64. The number of aliphatic hydroxyl groups excluding tert-OH is 2. The topological polar surface area (TPSA) is 87.0 Å². The fourth-order valence-electron chi connectivity index (χ4n) is 2.64. The number of benzene rings is 1. The van der Waals surface area contributed by atoms with Gasteiger partial charge in [0.2, 0.25) is 0 Å². The average molecular weight is 415 g/mol. The van der Waals surface area contributed by atoms with Crippen LogP contribution < -0.4 is 4.74 Å². The zero-order valence-corrected chi connectivity index (χ0v) is 17.9. The van der Waals surface area contributed by atoms with Crippen LogP contribution in [0.5, 0.6) is 5.75 Å². The highest BCUT2D eigenvalue weighted by molar-refractivity contribution is 5.66. The van der Waals surface area contributed by atoms with Crippen molar-refractivity contribution in [2.75, 3.05) is 6.61 Å². The van der Waals surface area contributed by atoms with Crippen molar-refractivity contribution < 1.29 is 24.9 Å². The van der Waals surface area contributed by atoms with Crippen LogP contribution in [0.3, 0.4) is 0 Å². The van der Waals surface area contributed by atoms with E-state index in [-0.39, 0.29) is 12.8 Å². The van der Waals surface area contributed by atoms with E-state index in [1.54, 1.807) is 12.2 Å². The number of aliphatic hydroxyl groups is 2.